The van der Waals surface area contributed by atoms with Crippen LogP contribution in [-0.4, -0.2) is 34.2 Å². The number of aryl methyl sites for hydroxylation is 1. The summed E-state index contributed by atoms with van der Waals surface area (Å²) in [6, 6.07) is 0. The van der Waals surface area contributed by atoms with Gasteiger partial charge in [-0.25, -0.2) is 4.98 Å². The molecule has 1 aliphatic heterocycles. The van der Waals surface area contributed by atoms with Crippen LogP contribution in [0.15, 0.2) is 6.20 Å². The van der Waals surface area contributed by atoms with Crippen LogP contribution in [0.1, 0.15) is 17.7 Å². The minimum absolute atomic E-state index is 0.197. The second kappa shape index (κ2) is 4.62. The van der Waals surface area contributed by atoms with Crippen molar-refractivity contribution < 1.29 is 14.4 Å². The van der Waals surface area contributed by atoms with Gasteiger partial charge in [0.1, 0.15) is 6.54 Å². The number of likely N-dealkylation sites (tertiary alicyclic amines) is 1. The van der Waals surface area contributed by atoms with E-state index < -0.39 is 5.91 Å². The number of rotatable bonds is 3. The molecule has 6 nitrogen and oxygen atoms in total. The predicted octanol–water partition coefficient (Wildman–Crippen LogP) is 0.539. The predicted molar refractivity (Wildman–Crippen MR) is 61.4 cm³/mol. The zero-order valence-corrected chi connectivity index (χ0v) is 10.0. The molecule has 0 unspecified atom stereocenters. The molecule has 2 rings (SSSR count). The minimum Gasteiger partial charge on any atom is -0.300 e. The fraction of sp³-hybridized carbons (Fsp3) is 0.400. The van der Waals surface area contributed by atoms with Crippen molar-refractivity contribution in [3.8, 4) is 0 Å². The normalized spacial score (nSPS) is 15.5. The molecular weight excluding hydrogens is 242 g/mol. The number of aromatic nitrogens is 1. The van der Waals surface area contributed by atoms with E-state index in [0.29, 0.717) is 5.13 Å². The number of hydrogen-bond acceptors (Lipinski definition) is 5. The summed E-state index contributed by atoms with van der Waals surface area (Å²) in [5.41, 5.74) is 0. The molecule has 1 fully saturated rings. The summed E-state index contributed by atoms with van der Waals surface area (Å²) < 4.78 is 0. The number of nitrogens with zero attached hydrogens (tertiary/aromatic N) is 2. The van der Waals surface area contributed by atoms with Gasteiger partial charge >= 0.3 is 0 Å². The first-order valence-corrected chi connectivity index (χ1v) is 5.93. The molecule has 1 aromatic heterocycles. The lowest BCUT2D eigenvalue weighted by molar-refractivity contribution is -0.141. The molecule has 1 N–H and O–H groups in total. The topological polar surface area (TPSA) is 79.4 Å². The highest BCUT2D eigenvalue weighted by atomic mass is 32.1. The highest BCUT2D eigenvalue weighted by Gasteiger charge is 2.30. The fourth-order valence-electron chi connectivity index (χ4n) is 1.51. The summed E-state index contributed by atoms with van der Waals surface area (Å²) in [6.07, 6.45) is 2.04. The van der Waals surface area contributed by atoms with Crippen LogP contribution in [0.4, 0.5) is 5.13 Å². The molecule has 90 valence electrons. The molecule has 17 heavy (non-hydrogen) atoms. The lowest BCUT2D eigenvalue weighted by Gasteiger charge is -2.12. The van der Waals surface area contributed by atoms with Crippen LogP contribution in [0.5, 0.6) is 0 Å². The van der Waals surface area contributed by atoms with Crippen LogP contribution in [-0.2, 0) is 14.4 Å². The first-order valence-electron chi connectivity index (χ1n) is 5.12. The summed E-state index contributed by atoms with van der Waals surface area (Å²) in [5.74, 6) is -0.983. The fourth-order valence-corrected chi connectivity index (χ4v) is 2.19. The maximum Gasteiger partial charge on any atom is 0.246 e. The Morgan fingerprint density at radius 2 is 2.12 bits per heavy atom. The molecule has 1 saturated heterocycles. The Balaban J connectivity index is 1.93. The van der Waals surface area contributed by atoms with E-state index in [2.05, 4.69) is 10.3 Å². The third-order valence-corrected chi connectivity index (χ3v) is 3.15. The van der Waals surface area contributed by atoms with E-state index in [0.717, 1.165) is 9.78 Å². The number of hydrogen-bond donors (Lipinski definition) is 1. The van der Waals surface area contributed by atoms with E-state index in [9.17, 15) is 14.4 Å². The van der Waals surface area contributed by atoms with Gasteiger partial charge in [0.15, 0.2) is 5.13 Å². The van der Waals surface area contributed by atoms with Gasteiger partial charge in [-0.3, -0.25) is 19.3 Å². The Kier molecular flexibility index (Phi) is 3.19. The van der Waals surface area contributed by atoms with Gasteiger partial charge in [-0.2, -0.15) is 0 Å². The minimum atomic E-state index is -0.400. The number of thiazole rings is 1. The zero-order chi connectivity index (χ0) is 12.4. The van der Waals surface area contributed by atoms with Gasteiger partial charge in [-0.05, 0) is 6.92 Å². The third-order valence-electron chi connectivity index (χ3n) is 2.32. The number of imide groups is 1. The molecule has 0 bridgehead atoms. The van der Waals surface area contributed by atoms with Crippen LogP contribution in [0.2, 0.25) is 0 Å². The second-order valence-electron chi connectivity index (χ2n) is 3.70. The Bertz CT molecular complexity index is 467. The third kappa shape index (κ3) is 2.68. The van der Waals surface area contributed by atoms with E-state index in [1.54, 1.807) is 6.20 Å². The molecule has 1 aromatic rings. The molecule has 1 aliphatic rings. The van der Waals surface area contributed by atoms with Gasteiger partial charge in [-0.15, -0.1) is 11.3 Å². The summed E-state index contributed by atoms with van der Waals surface area (Å²) in [6.45, 7) is 1.65. The smallest absolute Gasteiger partial charge is 0.246 e. The highest BCUT2D eigenvalue weighted by molar-refractivity contribution is 7.15. The largest absolute Gasteiger partial charge is 0.300 e. The van der Waals surface area contributed by atoms with Crippen molar-refractivity contribution in [3.63, 3.8) is 0 Å². The molecule has 2 heterocycles. The SMILES string of the molecule is Cc1cnc(NC(=O)CN2C(=O)CCC2=O)s1. The summed E-state index contributed by atoms with van der Waals surface area (Å²) >= 11 is 1.34. The van der Waals surface area contributed by atoms with Crippen molar-refractivity contribution in [1.29, 1.82) is 0 Å². The lowest BCUT2D eigenvalue weighted by atomic mass is 10.4. The van der Waals surface area contributed by atoms with E-state index in [1.807, 2.05) is 6.92 Å². The molecule has 3 amide bonds. The van der Waals surface area contributed by atoms with E-state index >= 15 is 0 Å². The van der Waals surface area contributed by atoms with Crippen LogP contribution >= 0.6 is 11.3 Å². The van der Waals surface area contributed by atoms with Gasteiger partial charge in [0.2, 0.25) is 17.7 Å². The van der Waals surface area contributed by atoms with Crippen molar-refractivity contribution in [1.82, 2.24) is 9.88 Å². The van der Waals surface area contributed by atoms with E-state index in [1.165, 1.54) is 11.3 Å². The standard InChI is InChI=1S/C10H11N3O3S/c1-6-4-11-10(17-6)12-7(14)5-13-8(15)2-3-9(13)16/h4H,2-3,5H2,1H3,(H,11,12,14). The van der Waals surface area contributed by atoms with Crippen LogP contribution < -0.4 is 5.32 Å². The molecule has 7 heteroatoms. The first-order chi connectivity index (χ1) is 8.06. The van der Waals surface area contributed by atoms with Crippen molar-refractivity contribution in [2.75, 3.05) is 11.9 Å². The Morgan fingerprint density at radius 3 is 2.65 bits per heavy atom. The van der Waals surface area contributed by atoms with Gasteiger partial charge < -0.3 is 5.32 Å². The average Bonchev–Trinajstić information content (AvgIpc) is 2.79. The molecule has 0 spiro atoms. The van der Waals surface area contributed by atoms with Gasteiger partial charge in [0.05, 0.1) is 0 Å². The van der Waals surface area contributed by atoms with Gasteiger partial charge in [0.25, 0.3) is 0 Å². The average molecular weight is 253 g/mol. The first kappa shape index (κ1) is 11.7. The van der Waals surface area contributed by atoms with Gasteiger partial charge in [0, 0.05) is 23.9 Å². The molecule has 0 atom stereocenters. The summed E-state index contributed by atoms with van der Waals surface area (Å²) in [7, 11) is 0. The Hall–Kier alpha value is -1.76. The number of amides is 3. The summed E-state index contributed by atoms with van der Waals surface area (Å²) in [5, 5.41) is 3.03. The molecule has 0 saturated carbocycles. The monoisotopic (exact) mass is 253 g/mol. The second-order valence-corrected chi connectivity index (χ2v) is 4.93. The van der Waals surface area contributed by atoms with Crippen LogP contribution in [0.25, 0.3) is 0 Å². The van der Waals surface area contributed by atoms with Crippen LogP contribution in [0, 0.1) is 6.92 Å². The van der Waals surface area contributed by atoms with Crippen molar-refractivity contribution in [3.05, 3.63) is 11.1 Å². The number of carbonyl (C=O) groups is 3. The Labute approximate surface area is 102 Å². The number of nitrogens with one attached hydrogen (secondary N) is 1. The van der Waals surface area contributed by atoms with E-state index in [4.69, 9.17) is 0 Å². The molecular formula is C10H11N3O3S. The number of carbonyl (C=O) groups excluding carboxylic acids is 3. The molecule has 0 aromatic carbocycles. The van der Waals surface area contributed by atoms with Crippen molar-refractivity contribution in [2.45, 2.75) is 19.8 Å². The van der Waals surface area contributed by atoms with Crippen molar-refractivity contribution in [2.24, 2.45) is 0 Å². The molecule has 0 aliphatic carbocycles. The van der Waals surface area contributed by atoms with Crippen LogP contribution in [0.3, 0.4) is 0 Å². The highest BCUT2D eigenvalue weighted by Crippen LogP contribution is 2.17. The summed E-state index contributed by atoms with van der Waals surface area (Å²) in [4.78, 5) is 40.1. The maximum absolute atomic E-state index is 11.6. The quantitative estimate of drug-likeness (QED) is 0.797. The molecule has 0 radical (unpaired) electrons. The number of anilines is 1. The lowest BCUT2D eigenvalue weighted by Crippen LogP contribution is -2.36. The van der Waals surface area contributed by atoms with Gasteiger partial charge in [-0.1, -0.05) is 0 Å². The van der Waals surface area contributed by atoms with Crippen molar-refractivity contribution >= 4 is 34.2 Å². The Morgan fingerprint density at radius 1 is 1.47 bits per heavy atom. The zero-order valence-electron chi connectivity index (χ0n) is 9.23. The van der Waals surface area contributed by atoms with E-state index in [-0.39, 0.29) is 31.2 Å². The maximum atomic E-state index is 11.6.